The summed E-state index contributed by atoms with van der Waals surface area (Å²) < 4.78 is 7.45. The highest BCUT2D eigenvalue weighted by molar-refractivity contribution is 5.94. The van der Waals surface area contributed by atoms with Gasteiger partial charge in [0.25, 0.3) is 0 Å². The standard InChI is InChI=1S/C28H31N7O2/c1-28(2,3)37-27(36)35-20-8-9-21(35)17-34(16-20)25-10-7-18(13-30-25)26-22-6-5-11-29-24(22)12-23(32-26)19-14-31-33(4)15-19/h5-7,10-15,20-21H,8-9,16-17H2,1-4H3. The second kappa shape index (κ2) is 8.83. The van der Waals surface area contributed by atoms with E-state index in [2.05, 4.69) is 27.1 Å². The van der Waals surface area contributed by atoms with Gasteiger partial charge in [0.2, 0.25) is 0 Å². The van der Waals surface area contributed by atoms with Gasteiger partial charge in [0.05, 0.1) is 35.2 Å². The Bertz CT molecular complexity index is 1440. The van der Waals surface area contributed by atoms with Crippen LogP contribution in [0, 0.1) is 0 Å². The fourth-order valence-corrected chi connectivity index (χ4v) is 5.41. The van der Waals surface area contributed by atoms with E-state index in [9.17, 15) is 4.79 Å². The monoisotopic (exact) mass is 497 g/mol. The van der Waals surface area contributed by atoms with Crippen molar-refractivity contribution in [2.45, 2.75) is 51.3 Å². The van der Waals surface area contributed by atoms with Crippen molar-refractivity contribution in [2.75, 3.05) is 18.0 Å². The number of hydrogen-bond acceptors (Lipinski definition) is 7. The van der Waals surface area contributed by atoms with Gasteiger partial charge >= 0.3 is 6.09 Å². The first-order valence-corrected chi connectivity index (χ1v) is 12.7. The minimum atomic E-state index is -0.493. The highest BCUT2D eigenvalue weighted by Crippen LogP contribution is 2.35. The molecule has 2 unspecified atom stereocenters. The molecule has 2 aliphatic heterocycles. The predicted molar refractivity (Wildman–Crippen MR) is 142 cm³/mol. The lowest BCUT2D eigenvalue weighted by molar-refractivity contribution is 0.0122. The molecule has 0 aromatic carbocycles. The molecule has 2 bridgehead atoms. The highest BCUT2D eigenvalue weighted by Gasteiger charge is 2.44. The molecule has 6 heterocycles. The molecule has 9 heteroatoms. The Balaban J connectivity index is 1.27. The summed E-state index contributed by atoms with van der Waals surface area (Å²) in [7, 11) is 1.89. The molecule has 0 saturated carbocycles. The maximum atomic E-state index is 12.8. The van der Waals surface area contributed by atoms with Crippen LogP contribution in [0.3, 0.4) is 0 Å². The van der Waals surface area contributed by atoms with Crippen molar-refractivity contribution in [2.24, 2.45) is 7.05 Å². The predicted octanol–water partition coefficient (Wildman–Crippen LogP) is 4.68. The minimum Gasteiger partial charge on any atom is -0.444 e. The number of nitrogens with zero attached hydrogens (tertiary/aromatic N) is 7. The van der Waals surface area contributed by atoms with E-state index in [1.54, 1.807) is 10.9 Å². The third-order valence-electron chi connectivity index (χ3n) is 7.03. The SMILES string of the molecule is Cn1cc(-c2cc3ncccc3c(-c3ccc(N4CC5CCC(C4)N5C(=O)OC(C)(C)C)nc3)n2)cn1. The van der Waals surface area contributed by atoms with Gasteiger partial charge in [-0.05, 0) is 63.9 Å². The largest absolute Gasteiger partial charge is 0.444 e. The van der Waals surface area contributed by atoms with Crippen LogP contribution < -0.4 is 4.90 Å². The fraction of sp³-hybridized carbons (Fsp3) is 0.393. The van der Waals surface area contributed by atoms with Crippen molar-refractivity contribution in [3.05, 3.63) is 55.1 Å². The third-order valence-corrected chi connectivity index (χ3v) is 7.03. The lowest BCUT2D eigenvalue weighted by atomic mass is 10.1. The Morgan fingerprint density at radius 2 is 1.81 bits per heavy atom. The van der Waals surface area contributed by atoms with Gasteiger partial charge in [0.1, 0.15) is 11.4 Å². The van der Waals surface area contributed by atoms with Gasteiger partial charge in [0, 0.05) is 55.2 Å². The van der Waals surface area contributed by atoms with Gasteiger partial charge in [-0.15, -0.1) is 0 Å². The zero-order valence-corrected chi connectivity index (χ0v) is 21.6. The molecule has 37 heavy (non-hydrogen) atoms. The topological polar surface area (TPSA) is 89.3 Å². The van der Waals surface area contributed by atoms with Crippen LogP contribution in [0.5, 0.6) is 0 Å². The third kappa shape index (κ3) is 4.50. The molecule has 2 fully saturated rings. The second-order valence-electron chi connectivity index (χ2n) is 10.9. The first-order chi connectivity index (χ1) is 17.7. The van der Waals surface area contributed by atoms with E-state index in [1.807, 2.05) is 69.5 Å². The maximum absolute atomic E-state index is 12.8. The second-order valence-corrected chi connectivity index (χ2v) is 10.9. The molecular weight excluding hydrogens is 466 g/mol. The van der Waals surface area contributed by atoms with Crippen LogP contribution in [0.1, 0.15) is 33.6 Å². The molecule has 4 aromatic rings. The summed E-state index contributed by atoms with van der Waals surface area (Å²) in [6, 6.07) is 10.4. The highest BCUT2D eigenvalue weighted by atomic mass is 16.6. The van der Waals surface area contributed by atoms with E-state index < -0.39 is 5.60 Å². The number of aryl methyl sites for hydroxylation is 1. The number of aromatic nitrogens is 5. The number of amides is 1. The van der Waals surface area contributed by atoms with Crippen molar-refractivity contribution in [3.8, 4) is 22.5 Å². The molecule has 2 aliphatic rings. The van der Waals surface area contributed by atoms with Crippen molar-refractivity contribution in [3.63, 3.8) is 0 Å². The summed E-state index contributed by atoms with van der Waals surface area (Å²) in [6.07, 6.45) is 9.22. The number of piperazine rings is 1. The van der Waals surface area contributed by atoms with Gasteiger partial charge in [-0.1, -0.05) is 0 Å². The summed E-state index contributed by atoms with van der Waals surface area (Å²) in [4.78, 5) is 31.4. The first-order valence-electron chi connectivity index (χ1n) is 12.7. The van der Waals surface area contributed by atoms with Crippen LogP contribution >= 0.6 is 0 Å². The number of rotatable bonds is 3. The molecule has 9 nitrogen and oxygen atoms in total. The quantitative estimate of drug-likeness (QED) is 0.406. The van der Waals surface area contributed by atoms with E-state index in [-0.39, 0.29) is 18.2 Å². The molecule has 0 N–H and O–H groups in total. The number of carbonyl (C=O) groups is 1. The molecule has 2 atom stereocenters. The van der Waals surface area contributed by atoms with Crippen LogP contribution in [-0.4, -0.2) is 66.5 Å². The van der Waals surface area contributed by atoms with Crippen molar-refractivity contribution >= 4 is 22.8 Å². The van der Waals surface area contributed by atoms with Gasteiger partial charge < -0.3 is 9.64 Å². The lowest BCUT2D eigenvalue weighted by Crippen LogP contribution is -2.57. The molecule has 6 rings (SSSR count). The average Bonchev–Trinajstić information content (AvgIpc) is 3.42. The molecule has 0 aliphatic carbocycles. The van der Waals surface area contributed by atoms with Gasteiger partial charge in [-0.3, -0.25) is 14.6 Å². The Hall–Kier alpha value is -4.01. The summed E-state index contributed by atoms with van der Waals surface area (Å²) in [5.74, 6) is 0.912. The van der Waals surface area contributed by atoms with Crippen LogP contribution in [0.15, 0.2) is 55.1 Å². The summed E-state index contributed by atoms with van der Waals surface area (Å²) in [5, 5.41) is 5.28. The van der Waals surface area contributed by atoms with Crippen LogP contribution in [0.2, 0.25) is 0 Å². The number of anilines is 1. The molecule has 1 amide bonds. The van der Waals surface area contributed by atoms with Crippen LogP contribution in [-0.2, 0) is 11.8 Å². The van der Waals surface area contributed by atoms with Gasteiger partial charge in [-0.25, -0.2) is 14.8 Å². The fourth-order valence-electron chi connectivity index (χ4n) is 5.41. The Morgan fingerprint density at radius 3 is 2.46 bits per heavy atom. The van der Waals surface area contributed by atoms with E-state index >= 15 is 0 Å². The molecule has 0 spiro atoms. The summed E-state index contributed by atoms with van der Waals surface area (Å²) in [6.45, 7) is 7.24. The van der Waals surface area contributed by atoms with E-state index in [1.165, 1.54) is 0 Å². The smallest absolute Gasteiger partial charge is 0.410 e. The molecule has 190 valence electrons. The van der Waals surface area contributed by atoms with E-state index in [0.29, 0.717) is 0 Å². The zero-order chi connectivity index (χ0) is 25.7. The normalized spacial score (nSPS) is 19.5. The molecular formula is C28H31N7O2. The average molecular weight is 498 g/mol. The number of carbonyl (C=O) groups excluding carboxylic acids is 1. The number of fused-ring (bicyclic) bond motifs is 3. The summed E-state index contributed by atoms with van der Waals surface area (Å²) >= 11 is 0. The van der Waals surface area contributed by atoms with Crippen LogP contribution in [0.25, 0.3) is 33.4 Å². The zero-order valence-electron chi connectivity index (χ0n) is 21.6. The van der Waals surface area contributed by atoms with Gasteiger partial charge in [0.15, 0.2) is 0 Å². The number of pyridine rings is 3. The van der Waals surface area contributed by atoms with Gasteiger partial charge in [-0.2, -0.15) is 5.10 Å². The minimum absolute atomic E-state index is 0.142. The number of ether oxygens (including phenoxy) is 1. The molecule has 2 saturated heterocycles. The van der Waals surface area contributed by atoms with Crippen molar-refractivity contribution in [1.82, 2.24) is 29.6 Å². The van der Waals surface area contributed by atoms with Crippen LogP contribution in [0.4, 0.5) is 10.6 Å². The maximum Gasteiger partial charge on any atom is 0.410 e. The van der Waals surface area contributed by atoms with Crippen molar-refractivity contribution < 1.29 is 9.53 Å². The molecule has 4 aromatic heterocycles. The van der Waals surface area contributed by atoms with E-state index in [0.717, 1.165) is 65.2 Å². The first kappa shape index (κ1) is 23.4. The summed E-state index contributed by atoms with van der Waals surface area (Å²) in [5.41, 5.74) is 3.94. The number of hydrogen-bond donors (Lipinski definition) is 0. The Labute approximate surface area is 216 Å². The Kier molecular flexibility index (Phi) is 5.58. The molecule has 0 radical (unpaired) electrons. The van der Waals surface area contributed by atoms with Crippen molar-refractivity contribution in [1.29, 1.82) is 0 Å². The Morgan fingerprint density at radius 1 is 1.03 bits per heavy atom. The van der Waals surface area contributed by atoms with E-state index in [4.69, 9.17) is 14.7 Å². The lowest BCUT2D eigenvalue weighted by Gasteiger charge is -2.41.